The molecular weight excluding hydrogens is 208 g/mol. The van der Waals surface area contributed by atoms with Gasteiger partial charge < -0.3 is 14.7 Å². The summed E-state index contributed by atoms with van der Waals surface area (Å²) in [6, 6.07) is 1.72. The Balaban J connectivity index is 2.30. The van der Waals surface area contributed by atoms with Crippen LogP contribution < -0.4 is 9.64 Å². The molecule has 5 nitrogen and oxygen atoms in total. The average Bonchev–Trinajstić information content (AvgIpc) is 3.01. The number of carboxylic acid groups (broad SMARTS) is 1. The first kappa shape index (κ1) is 10.7. The predicted octanol–water partition coefficient (Wildman–Crippen LogP) is 1.39. The molecule has 1 aromatic heterocycles. The van der Waals surface area contributed by atoms with Gasteiger partial charge in [0.15, 0.2) is 5.69 Å². The van der Waals surface area contributed by atoms with Crippen molar-refractivity contribution < 1.29 is 14.6 Å². The van der Waals surface area contributed by atoms with E-state index in [1.807, 2.05) is 0 Å². The first-order chi connectivity index (χ1) is 7.58. The number of anilines is 1. The number of carboxylic acids is 1. The molecule has 1 aliphatic carbocycles. The Morgan fingerprint density at radius 1 is 1.56 bits per heavy atom. The highest BCUT2D eigenvalue weighted by molar-refractivity contribution is 5.92. The lowest BCUT2D eigenvalue weighted by atomic mass is 10.2. The van der Waals surface area contributed by atoms with E-state index in [1.54, 1.807) is 25.1 Å². The monoisotopic (exact) mass is 222 g/mol. The predicted molar refractivity (Wildman–Crippen MR) is 59.2 cm³/mol. The summed E-state index contributed by atoms with van der Waals surface area (Å²) < 4.78 is 5.57. The van der Waals surface area contributed by atoms with E-state index in [2.05, 4.69) is 4.98 Å². The van der Waals surface area contributed by atoms with Crippen molar-refractivity contribution in [3.05, 3.63) is 18.0 Å². The van der Waals surface area contributed by atoms with Crippen LogP contribution in [0.2, 0.25) is 0 Å². The molecule has 0 spiro atoms. The van der Waals surface area contributed by atoms with Crippen LogP contribution in [0.25, 0.3) is 0 Å². The Bertz CT molecular complexity index is 414. The van der Waals surface area contributed by atoms with Gasteiger partial charge in [0.05, 0.1) is 18.0 Å². The molecule has 1 N–H and O–H groups in total. The van der Waals surface area contributed by atoms with Gasteiger partial charge in [0.2, 0.25) is 0 Å². The van der Waals surface area contributed by atoms with Gasteiger partial charge >= 0.3 is 5.97 Å². The number of nitrogens with zero attached hydrogens (tertiary/aromatic N) is 2. The third-order valence-electron chi connectivity index (χ3n) is 2.35. The van der Waals surface area contributed by atoms with Gasteiger partial charge in [-0.1, -0.05) is 0 Å². The molecule has 5 heteroatoms. The van der Waals surface area contributed by atoms with E-state index in [0.29, 0.717) is 11.4 Å². The number of carbonyl (C=O) groups is 1. The molecule has 86 valence electrons. The molecule has 1 heterocycles. The molecule has 0 bridgehead atoms. The summed E-state index contributed by atoms with van der Waals surface area (Å²) in [4.78, 5) is 16.6. The number of aromatic carboxylic acids is 1. The lowest BCUT2D eigenvalue weighted by molar-refractivity contribution is 0.0691. The molecule has 0 saturated heterocycles. The minimum Gasteiger partial charge on any atom is -0.489 e. The van der Waals surface area contributed by atoms with Crippen LogP contribution in [-0.4, -0.2) is 36.3 Å². The smallest absolute Gasteiger partial charge is 0.356 e. The number of rotatable bonds is 4. The highest BCUT2D eigenvalue weighted by atomic mass is 16.5. The SMILES string of the molecule is CN(C)c1cc(OC2CC2)cnc1C(=O)O. The highest BCUT2D eigenvalue weighted by Crippen LogP contribution is 2.29. The van der Waals surface area contributed by atoms with Crippen molar-refractivity contribution in [3.8, 4) is 5.75 Å². The lowest BCUT2D eigenvalue weighted by Gasteiger charge is -2.16. The summed E-state index contributed by atoms with van der Waals surface area (Å²) in [6.07, 6.45) is 3.89. The molecule has 1 aromatic rings. The fourth-order valence-corrected chi connectivity index (χ4v) is 1.38. The van der Waals surface area contributed by atoms with Crippen molar-refractivity contribution in [1.82, 2.24) is 4.98 Å². The first-order valence-electron chi connectivity index (χ1n) is 5.15. The van der Waals surface area contributed by atoms with Crippen LogP contribution in [0, 0.1) is 0 Å². The van der Waals surface area contributed by atoms with E-state index in [1.165, 1.54) is 6.20 Å². The Morgan fingerprint density at radius 3 is 2.75 bits per heavy atom. The van der Waals surface area contributed by atoms with Gasteiger partial charge in [0.25, 0.3) is 0 Å². The van der Waals surface area contributed by atoms with Crippen LogP contribution in [0.15, 0.2) is 12.3 Å². The Kier molecular flexibility index (Phi) is 2.68. The zero-order valence-corrected chi connectivity index (χ0v) is 9.30. The first-order valence-corrected chi connectivity index (χ1v) is 5.15. The summed E-state index contributed by atoms with van der Waals surface area (Å²) in [6.45, 7) is 0. The van der Waals surface area contributed by atoms with E-state index in [9.17, 15) is 4.79 Å². The van der Waals surface area contributed by atoms with Crippen LogP contribution in [0.1, 0.15) is 23.3 Å². The largest absolute Gasteiger partial charge is 0.489 e. The van der Waals surface area contributed by atoms with E-state index in [4.69, 9.17) is 9.84 Å². The van der Waals surface area contributed by atoms with Gasteiger partial charge in [-0.15, -0.1) is 0 Å². The van der Waals surface area contributed by atoms with Crippen molar-refractivity contribution in [2.24, 2.45) is 0 Å². The van der Waals surface area contributed by atoms with Crippen LogP contribution in [0.4, 0.5) is 5.69 Å². The van der Waals surface area contributed by atoms with Crippen LogP contribution in [0.5, 0.6) is 5.75 Å². The Hall–Kier alpha value is -1.78. The van der Waals surface area contributed by atoms with Gasteiger partial charge in [-0.25, -0.2) is 9.78 Å². The molecule has 0 amide bonds. The maximum absolute atomic E-state index is 10.9. The van der Waals surface area contributed by atoms with E-state index in [-0.39, 0.29) is 11.8 Å². The molecule has 1 fully saturated rings. The minimum atomic E-state index is -1.03. The number of aromatic nitrogens is 1. The molecule has 1 saturated carbocycles. The maximum atomic E-state index is 10.9. The topological polar surface area (TPSA) is 62.7 Å². The highest BCUT2D eigenvalue weighted by Gasteiger charge is 2.24. The van der Waals surface area contributed by atoms with Gasteiger partial charge in [-0.3, -0.25) is 0 Å². The summed E-state index contributed by atoms with van der Waals surface area (Å²) in [5, 5.41) is 8.97. The number of pyridine rings is 1. The number of hydrogen-bond acceptors (Lipinski definition) is 4. The third-order valence-corrected chi connectivity index (χ3v) is 2.35. The molecular formula is C11H14N2O3. The normalized spacial score (nSPS) is 14.6. The molecule has 2 rings (SSSR count). The van der Waals surface area contributed by atoms with Gasteiger partial charge in [-0.2, -0.15) is 0 Å². The van der Waals surface area contributed by atoms with Crippen molar-refractivity contribution in [1.29, 1.82) is 0 Å². The zero-order chi connectivity index (χ0) is 11.7. The molecule has 0 radical (unpaired) electrons. The van der Waals surface area contributed by atoms with Gasteiger partial charge in [0, 0.05) is 20.2 Å². The molecule has 0 atom stereocenters. The van der Waals surface area contributed by atoms with E-state index >= 15 is 0 Å². The summed E-state index contributed by atoms with van der Waals surface area (Å²) in [5.74, 6) is -0.391. The van der Waals surface area contributed by atoms with Gasteiger partial charge in [-0.05, 0) is 12.8 Å². The fourth-order valence-electron chi connectivity index (χ4n) is 1.38. The second kappa shape index (κ2) is 4.00. The van der Waals surface area contributed by atoms with E-state index < -0.39 is 5.97 Å². The third kappa shape index (κ3) is 2.24. The Labute approximate surface area is 93.7 Å². The summed E-state index contributed by atoms with van der Waals surface area (Å²) >= 11 is 0. The average molecular weight is 222 g/mol. The van der Waals surface area contributed by atoms with E-state index in [0.717, 1.165) is 12.8 Å². The van der Waals surface area contributed by atoms with Crippen molar-refractivity contribution in [2.45, 2.75) is 18.9 Å². The summed E-state index contributed by atoms with van der Waals surface area (Å²) in [5.41, 5.74) is 0.610. The molecule has 0 aliphatic heterocycles. The quantitative estimate of drug-likeness (QED) is 0.834. The summed E-state index contributed by atoms with van der Waals surface area (Å²) in [7, 11) is 3.56. The molecule has 1 aliphatic rings. The fraction of sp³-hybridized carbons (Fsp3) is 0.455. The Morgan fingerprint density at radius 2 is 2.25 bits per heavy atom. The lowest BCUT2D eigenvalue weighted by Crippen LogP contribution is -2.15. The van der Waals surface area contributed by atoms with Crippen molar-refractivity contribution in [2.75, 3.05) is 19.0 Å². The second-order valence-electron chi connectivity index (χ2n) is 4.06. The zero-order valence-electron chi connectivity index (χ0n) is 9.30. The number of ether oxygens (including phenoxy) is 1. The van der Waals surface area contributed by atoms with Crippen molar-refractivity contribution in [3.63, 3.8) is 0 Å². The van der Waals surface area contributed by atoms with Crippen LogP contribution >= 0.6 is 0 Å². The van der Waals surface area contributed by atoms with Crippen LogP contribution in [-0.2, 0) is 0 Å². The molecule has 16 heavy (non-hydrogen) atoms. The molecule has 0 unspecified atom stereocenters. The maximum Gasteiger partial charge on any atom is 0.356 e. The van der Waals surface area contributed by atoms with Gasteiger partial charge in [0.1, 0.15) is 5.75 Å². The second-order valence-corrected chi connectivity index (χ2v) is 4.06. The number of hydrogen-bond donors (Lipinski definition) is 1. The standard InChI is InChI=1S/C11H14N2O3/c1-13(2)9-5-8(16-7-3-4-7)6-12-10(9)11(14)15/h5-7H,3-4H2,1-2H3,(H,14,15). The van der Waals surface area contributed by atoms with Crippen molar-refractivity contribution >= 4 is 11.7 Å². The molecule has 0 aromatic carbocycles. The minimum absolute atomic E-state index is 0.0492. The van der Waals surface area contributed by atoms with Crippen LogP contribution in [0.3, 0.4) is 0 Å².